The van der Waals surface area contributed by atoms with Crippen LogP contribution < -0.4 is 5.32 Å². The molecule has 0 saturated carbocycles. The van der Waals surface area contributed by atoms with E-state index in [9.17, 15) is 0 Å². The van der Waals surface area contributed by atoms with Gasteiger partial charge in [0.25, 0.3) is 0 Å². The second-order valence-electron chi connectivity index (χ2n) is 3.91. The molecule has 1 N–H and O–H groups in total. The second kappa shape index (κ2) is 9.81. The molecular formula is C11H26N2S. The normalized spacial score (nSPS) is 13.5. The van der Waals surface area contributed by atoms with E-state index in [1.54, 1.807) is 0 Å². The largest absolute Gasteiger partial charge is 0.317 e. The lowest BCUT2D eigenvalue weighted by atomic mass is 10.3. The molecule has 0 amide bonds. The van der Waals surface area contributed by atoms with E-state index in [0.717, 1.165) is 18.3 Å². The van der Waals surface area contributed by atoms with E-state index in [4.69, 9.17) is 0 Å². The molecule has 14 heavy (non-hydrogen) atoms. The standard InChI is InChI=1S/C11H26N2S/c1-5-7-12-8-6-9-13(3)10-11(2)14-4/h11-12H,5-10H2,1-4H3. The summed E-state index contributed by atoms with van der Waals surface area (Å²) in [6.07, 6.45) is 4.68. The van der Waals surface area contributed by atoms with Crippen LogP contribution in [0.4, 0.5) is 0 Å². The summed E-state index contributed by atoms with van der Waals surface area (Å²) in [5.41, 5.74) is 0. The molecule has 0 spiro atoms. The topological polar surface area (TPSA) is 15.3 Å². The molecule has 0 saturated heterocycles. The van der Waals surface area contributed by atoms with Gasteiger partial charge in [0.15, 0.2) is 0 Å². The van der Waals surface area contributed by atoms with Crippen molar-refractivity contribution in [3.63, 3.8) is 0 Å². The van der Waals surface area contributed by atoms with Crippen molar-refractivity contribution < 1.29 is 0 Å². The summed E-state index contributed by atoms with van der Waals surface area (Å²) in [5.74, 6) is 0. The third kappa shape index (κ3) is 8.85. The molecule has 0 aromatic heterocycles. The maximum atomic E-state index is 3.43. The molecule has 0 fully saturated rings. The lowest BCUT2D eigenvalue weighted by molar-refractivity contribution is 0.331. The Balaban J connectivity index is 3.22. The third-order valence-corrected chi connectivity index (χ3v) is 3.25. The molecular weight excluding hydrogens is 192 g/mol. The van der Waals surface area contributed by atoms with Gasteiger partial charge < -0.3 is 10.2 Å². The molecule has 0 rings (SSSR count). The van der Waals surface area contributed by atoms with Gasteiger partial charge in [-0.05, 0) is 45.8 Å². The van der Waals surface area contributed by atoms with Crippen molar-refractivity contribution in [1.82, 2.24) is 10.2 Å². The van der Waals surface area contributed by atoms with Crippen LogP contribution in [0.25, 0.3) is 0 Å². The number of hydrogen-bond donors (Lipinski definition) is 1. The smallest absolute Gasteiger partial charge is 0.0143 e. The Morgan fingerprint density at radius 2 is 2.07 bits per heavy atom. The number of nitrogens with zero attached hydrogens (tertiary/aromatic N) is 1. The summed E-state index contributed by atoms with van der Waals surface area (Å²) < 4.78 is 0. The Morgan fingerprint density at radius 1 is 1.36 bits per heavy atom. The highest BCUT2D eigenvalue weighted by Crippen LogP contribution is 2.05. The molecule has 0 bridgehead atoms. The monoisotopic (exact) mass is 218 g/mol. The Kier molecular flexibility index (Phi) is 10.0. The van der Waals surface area contributed by atoms with Crippen LogP contribution in [0.3, 0.4) is 0 Å². The van der Waals surface area contributed by atoms with E-state index < -0.39 is 0 Å². The van der Waals surface area contributed by atoms with Gasteiger partial charge in [0.2, 0.25) is 0 Å². The molecule has 0 heterocycles. The van der Waals surface area contributed by atoms with Gasteiger partial charge >= 0.3 is 0 Å². The minimum atomic E-state index is 0.753. The zero-order chi connectivity index (χ0) is 10.8. The third-order valence-electron chi connectivity index (χ3n) is 2.29. The van der Waals surface area contributed by atoms with Crippen LogP contribution in [0, 0.1) is 0 Å². The van der Waals surface area contributed by atoms with E-state index >= 15 is 0 Å². The fourth-order valence-corrected chi connectivity index (χ4v) is 1.78. The minimum absolute atomic E-state index is 0.753. The maximum absolute atomic E-state index is 3.43. The van der Waals surface area contributed by atoms with Crippen LogP contribution in [0.5, 0.6) is 0 Å². The maximum Gasteiger partial charge on any atom is 0.0143 e. The van der Waals surface area contributed by atoms with Gasteiger partial charge in [-0.3, -0.25) is 0 Å². The van der Waals surface area contributed by atoms with Crippen molar-refractivity contribution in [1.29, 1.82) is 0 Å². The Morgan fingerprint density at radius 3 is 2.64 bits per heavy atom. The first kappa shape index (κ1) is 14.3. The molecule has 0 aromatic carbocycles. The number of hydrogen-bond acceptors (Lipinski definition) is 3. The zero-order valence-corrected chi connectivity index (χ0v) is 11.0. The second-order valence-corrected chi connectivity index (χ2v) is 5.19. The lowest BCUT2D eigenvalue weighted by Gasteiger charge is -2.19. The molecule has 86 valence electrons. The van der Waals surface area contributed by atoms with Crippen LogP contribution in [-0.2, 0) is 0 Å². The van der Waals surface area contributed by atoms with Crippen molar-refractivity contribution in [2.24, 2.45) is 0 Å². The van der Waals surface area contributed by atoms with Gasteiger partial charge in [-0.2, -0.15) is 11.8 Å². The molecule has 0 aliphatic heterocycles. The quantitative estimate of drug-likeness (QED) is 0.596. The van der Waals surface area contributed by atoms with Gasteiger partial charge in [0.05, 0.1) is 0 Å². The van der Waals surface area contributed by atoms with Crippen molar-refractivity contribution in [2.45, 2.75) is 31.9 Å². The van der Waals surface area contributed by atoms with E-state index in [1.807, 2.05) is 11.8 Å². The molecule has 0 aromatic rings. The zero-order valence-electron chi connectivity index (χ0n) is 10.2. The molecule has 2 nitrogen and oxygen atoms in total. The minimum Gasteiger partial charge on any atom is -0.317 e. The van der Waals surface area contributed by atoms with Crippen molar-refractivity contribution in [3.8, 4) is 0 Å². The Hall–Kier alpha value is 0.270. The number of nitrogens with one attached hydrogen (secondary N) is 1. The van der Waals surface area contributed by atoms with Gasteiger partial charge in [0, 0.05) is 11.8 Å². The van der Waals surface area contributed by atoms with Crippen molar-refractivity contribution >= 4 is 11.8 Å². The summed E-state index contributed by atoms with van der Waals surface area (Å²) in [5, 5.41) is 4.18. The van der Waals surface area contributed by atoms with Crippen LogP contribution >= 0.6 is 11.8 Å². The summed E-state index contributed by atoms with van der Waals surface area (Å²) >= 11 is 1.94. The first-order chi connectivity index (χ1) is 6.70. The fraction of sp³-hybridized carbons (Fsp3) is 1.00. The molecule has 1 atom stereocenters. The summed E-state index contributed by atoms with van der Waals surface area (Å²) in [7, 11) is 2.21. The van der Waals surface area contributed by atoms with E-state index in [2.05, 4.69) is 37.4 Å². The van der Waals surface area contributed by atoms with E-state index in [-0.39, 0.29) is 0 Å². The highest BCUT2D eigenvalue weighted by Gasteiger charge is 2.03. The lowest BCUT2D eigenvalue weighted by Crippen LogP contribution is -2.29. The molecule has 0 aliphatic rings. The van der Waals surface area contributed by atoms with E-state index in [1.165, 1.54) is 25.9 Å². The number of thioether (sulfide) groups is 1. The average molecular weight is 218 g/mol. The molecule has 1 unspecified atom stereocenters. The van der Waals surface area contributed by atoms with Gasteiger partial charge in [0.1, 0.15) is 0 Å². The SMILES string of the molecule is CCCNCCCN(C)CC(C)SC. The van der Waals surface area contributed by atoms with Crippen LogP contribution in [0.2, 0.25) is 0 Å². The highest BCUT2D eigenvalue weighted by molar-refractivity contribution is 7.99. The van der Waals surface area contributed by atoms with Gasteiger partial charge in [-0.25, -0.2) is 0 Å². The average Bonchev–Trinajstić information content (AvgIpc) is 2.17. The predicted octanol–water partition coefficient (Wildman–Crippen LogP) is 2.06. The summed E-state index contributed by atoms with van der Waals surface area (Å²) in [6, 6.07) is 0. The predicted molar refractivity (Wildman–Crippen MR) is 68.3 cm³/mol. The van der Waals surface area contributed by atoms with Crippen molar-refractivity contribution in [2.75, 3.05) is 39.5 Å². The Bertz CT molecular complexity index is 120. The van der Waals surface area contributed by atoms with Gasteiger partial charge in [-0.15, -0.1) is 0 Å². The van der Waals surface area contributed by atoms with Gasteiger partial charge in [-0.1, -0.05) is 13.8 Å². The first-order valence-corrected chi connectivity index (χ1v) is 6.91. The van der Waals surface area contributed by atoms with Crippen LogP contribution in [0.1, 0.15) is 26.7 Å². The van der Waals surface area contributed by atoms with E-state index in [0.29, 0.717) is 0 Å². The number of rotatable bonds is 9. The Labute approximate surface area is 93.8 Å². The fourth-order valence-electron chi connectivity index (χ4n) is 1.38. The van der Waals surface area contributed by atoms with Crippen molar-refractivity contribution in [3.05, 3.63) is 0 Å². The first-order valence-electron chi connectivity index (χ1n) is 5.62. The highest BCUT2D eigenvalue weighted by atomic mass is 32.2. The molecule has 3 heteroatoms. The molecule has 0 radical (unpaired) electrons. The summed E-state index contributed by atoms with van der Waals surface area (Å²) in [4.78, 5) is 2.43. The summed E-state index contributed by atoms with van der Waals surface area (Å²) in [6.45, 7) is 9.23. The van der Waals surface area contributed by atoms with Crippen LogP contribution in [0.15, 0.2) is 0 Å². The van der Waals surface area contributed by atoms with Crippen LogP contribution in [-0.4, -0.2) is 49.6 Å². The molecule has 0 aliphatic carbocycles.